The quantitative estimate of drug-likeness (QED) is 0.496. The van der Waals surface area contributed by atoms with E-state index in [0.717, 1.165) is 0 Å². The van der Waals surface area contributed by atoms with Crippen LogP contribution in [0.1, 0.15) is 34.7 Å². The number of carbonyl (C=O) groups is 2. The van der Waals surface area contributed by atoms with E-state index in [9.17, 15) is 14.4 Å². The molecule has 0 aliphatic carbocycles. The van der Waals surface area contributed by atoms with Gasteiger partial charge in [-0.05, 0) is 12.0 Å². The molecule has 0 N–H and O–H groups in total. The van der Waals surface area contributed by atoms with Gasteiger partial charge < -0.3 is 4.74 Å². The van der Waals surface area contributed by atoms with Crippen LogP contribution in [-0.4, -0.2) is 28.1 Å². The summed E-state index contributed by atoms with van der Waals surface area (Å²) in [6.07, 6.45) is 0. The van der Waals surface area contributed by atoms with Gasteiger partial charge in [-0.2, -0.15) is 5.10 Å². The Morgan fingerprint density at radius 1 is 1.00 bits per heavy atom. The van der Waals surface area contributed by atoms with Crippen LogP contribution in [0.5, 0.6) is 0 Å². The number of rotatable bonds is 6. The number of hydrogen-bond donors (Lipinski definition) is 0. The zero-order valence-corrected chi connectivity index (χ0v) is 15.2. The molecule has 2 aromatic carbocycles. The average Bonchev–Trinajstić information content (AvgIpc) is 2.68. The summed E-state index contributed by atoms with van der Waals surface area (Å²) in [4.78, 5) is 37.3. The molecule has 0 spiro atoms. The molecular formula is C21H20N2O4. The number of esters is 1. The van der Waals surface area contributed by atoms with Crippen LogP contribution < -0.4 is 5.56 Å². The third-order valence-corrected chi connectivity index (χ3v) is 4.03. The van der Waals surface area contributed by atoms with Gasteiger partial charge in [0.25, 0.3) is 5.56 Å². The molecule has 0 saturated carbocycles. The lowest BCUT2D eigenvalue weighted by Gasteiger charge is -2.12. The first kappa shape index (κ1) is 18.5. The summed E-state index contributed by atoms with van der Waals surface area (Å²) in [6, 6.07) is 15.4. The van der Waals surface area contributed by atoms with Gasteiger partial charge in [0.15, 0.2) is 18.1 Å². The van der Waals surface area contributed by atoms with E-state index in [1.165, 1.54) is 4.68 Å². The fourth-order valence-electron chi connectivity index (χ4n) is 2.76. The lowest BCUT2D eigenvalue weighted by molar-refractivity contribution is 0.0468. The van der Waals surface area contributed by atoms with Crippen LogP contribution in [0.4, 0.5) is 0 Å². The summed E-state index contributed by atoms with van der Waals surface area (Å²) in [7, 11) is 0. The lowest BCUT2D eigenvalue weighted by Crippen LogP contribution is -2.28. The van der Waals surface area contributed by atoms with E-state index in [-0.39, 0.29) is 29.6 Å². The maximum Gasteiger partial charge on any atom is 0.359 e. The predicted molar refractivity (Wildman–Crippen MR) is 102 cm³/mol. The van der Waals surface area contributed by atoms with Gasteiger partial charge in [-0.3, -0.25) is 9.59 Å². The fourth-order valence-corrected chi connectivity index (χ4v) is 2.76. The molecule has 0 radical (unpaired) electrons. The van der Waals surface area contributed by atoms with Crippen molar-refractivity contribution in [2.45, 2.75) is 20.4 Å². The molecule has 0 fully saturated rings. The smallest absolute Gasteiger partial charge is 0.359 e. The number of ketones is 1. The van der Waals surface area contributed by atoms with E-state index < -0.39 is 5.97 Å². The van der Waals surface area contributed by atoms with Crippen molar-refractivity contribution in [1.82, 2.24) is 9.78 Å². The molecule has 6 heteroatoms. The van der Waals surface area contributed by atoms with Crippen molar-refractivity contribution < 1.29 is 14.3 Å². The van der Waals surface area contributed by atoms with Crippen molar-refractivity contribution in [1.29, 1.82) is 0 Å². The Hall–Kier alpha value is -3.28. The normalized spacial score (nSPS) is 10.9. The number of aromatic nitrogens is 2. The Morgan fingerprint density at radius 2 is 1.63 bits per heavy atom. The topological polar surface area (TPSA) is 78.3 Å². The molecule has 0 bridgehead atoms. The van der Waals surface area contributed by atoms with Crippen molar-refractivity contribution in [2.24, 2.45) is 5.92 Å². The SMILES string of the molecule is CC(C)Cn1nc(C(=O)OCC(=O)c2ccccc2)c2ccccc2c1=O. The predicted octanol–water partition coefficient (Wildman–Crippen LogP) is 3.09. The largest absolute Gasteiger partial charge is 0.452 e. The Bertz CT molecular complexity index is 1040. The Labute approximate surface area is 156 Å². The molecule has 3 rings (SSSR count). The summed E-state index contributed by atoms with van der Waals surface area (Å²) in [5.41, 5.74) is 0.246. The first-order valence-corrected chi connectivity index (χ1v) is 8.72. The van der Waals surface area contributed by atoms with Crippen LogP contribution in [0.2, 0.25) is 0 Å². The van der Waals surface area contributed by atoms with Crippen LogP contribution >= 0.6 is 0 Å². The van der Waals surface area contributed by atoms with E-state index in [1.54, 1.807) is 54.6 Å². The molecule has 0 aliphatic heterocycles. The molecule has 138 valence electrons. The fraction of sp³-hybridized carbons (Fsp3) is 0.238. The molecule has 1 heterocycles. The number of benzene rings is 2. The highest BCUT2D eigenvalue weighted by Gasteiger charge is 2.19. The third-order valence-electron chi connectivity index (χ3n) is 4.03. The number of carbonyl (C=O) groups excluding carboxylic acids is 2. The summed E-state index contributed by atoms with van der Waals surface area (Å²) in [6.45, 7) is 3.91. The summed E-state index contributed by atoms with van der Waals surface area (Å²) < 4.78 is 6.47. The van der Waals surface area contributed by atoms with Crippen molar-refractivity contribution in [3.05, 3.63) is 76.2 Å². The van der Waals surface area contributed by atoms with Crippen LogP contribution in [0, 0.1) is 5.92 Å². The van der Waals surface area contributed by atoms with Gasteiger partial charge in [0, 0.05) is 17.5 Å². The first-order valence-electron chi connectivity index (χ1n) is 8.72. The van der Waals surface area contributed by atoms with Gasteiger partial charge in [0.1, 0.15) is 0 Å². The lowest BCUT2D eigenvalue weighted by atomic mass is 10.1. The van der Waals surface area contributed by atoms with Gasteiger partial charge in [0.2, 0.25) is 0 Å². The molecule has 0 amide bonds. The minimum Gasteiger partial charge on any atom is -0.452 e. The van der Waals surface area contributed by atoms with Crippen LogP contribution in [-0.2, 0) is 11.3 Å². The second-order valence-electron chi connectivity index (χ2n) is 6.64. The Morgan fingerprint density at radius 3 is 2.30 bits per heavy atom. The highest BCUT2D eigenvalue weighted by Crippen LogP contribution is 2.15. The van der Waals surface area contributed by atoms with Gasteiger partial charge in [-0.25, -0.2) is 9.48 Å². The molecule has 27 heavy (non-hydrogen) atoms. The van der Waals surface area contributed by atoms with Gasteiger partial charge in [-0.15, -0.1) is 0 Å². The van der Waals surface area contributed by atoms with Crippen molar-refractivity contribution in [3.63, 3.8) is 0 Å². The molecule has 6 nitrogen and oxygen atoms in total. The summed E-state index contributed by atoms with van der Waals surface area (Å²) in [5.74, 6) is -0.850. The molecule has 0 unspecified atom stereocenters. The number of ether oxygens (including phenoxy) is 1. The number of hydrogen-bond acceptors (Lipinski definition) is 5. The van der Waals surface area contributed by atoms with Gasteiger partial charge in [-0.1, -0.05) is 62.4 Å². The van der Waals surface area contributed by atoms with E-state index >= 15 is 0 Å². The number of Topliss-reactive ketones (excluding diaryl/α,β-unsaturated/α-hetero) is 1. The van der Waals surface area contributed by atoms with Crippen molar-refractivity contribution >= 4 is 22.5 Å². The van der Waals surface area contributed by atoms with Crippen LogP contribution in [0.3, 0.4) is 0 Å². The zero-order chi connectivity index (χ0) is 19.4. The Balaban J connectivity index is 1.90. The molecular weight excluding hydrogens is 344 g/mol. The van der Waals surface area contributed by atoms with E-state index in [4.69, 9.17) is 4.74 Å². The van der Waals surface area contributed by atoms with Gasteiger partial charge in [0.05, 0.1) is 5.39 Å². The molecule has 1 aromatic heterocycles. The van der Waals surface area contributed by atoms with Crippen LogP contribution in [0.25, 0.3) is 10.8 Å². The minimum absolute atomic E-state index is 0.0340. The van der Waals surface area contributed by atoms with E-state index in [1.807, 2.05) is 13.8 Å². The zero-order valence-electron chi connectivity index (χ0n) is 15.2. The number of nitrogens with zero attached hydrogens (tertiary/aromatic N) is 2. The standard InChI is InChI=1S/C21H20N2O4/c1-14(2)12-23-20(25)17-11-7-6-10-16(17)19(22-23)21(26)27-13-18(24)15-8-4-3-5-9-15/h3-11,14H,12-13H2,1-2H3. The molecule has 0 saturated heterocycles. The van der Waals surface area contributed by atoms with Crippen molar-refractivity contribution in [2.75, 3.05) is 6.61 Å². The van der Waals surface area contributed by atoms with E-state index in [0.29, 0.717) is 22.9 Å². The van der Waals surface area contributed by atoms with E-state index in [2.05, 4.69) is 5.10 Å². The third kappa shape index (κ3) is 4.11. The highest BCUT2D eigenvalue weighted by atomic mass is 16.5. The Kier molecular flexibility index (Phi) is 5.45. The molecule has 3 aromatic rings. The van der Waals surface area contributed by atoms with Crippen LogP contribution in [0.15, 0.2) is 59.4 Å². The summed E-state index contributed by atoms with van der Waals surface area (Å²) >= 11 is 0. The summed E-state index contributed by atoms with van der Waals surface area (Å²) in [5, 5.41) is 5.02. The second kappa shape index (κ2) is 7.95. The molecule has 0 aliphatic rings. The maximum atomic E-state index is 12.6. The maximum absolute atomic E-state index is 12.6. The van der Waals surface area contributed by atoms with Crippen molar-refractivity contribution in [3.8, 4) is 0 Å². The molecule has 0 atom stereocenters. The minimum atomic E-state index is -0.729. The second-order valence-corrected chi connectivity index (χ2v) is 6.64. The van der Waals surface area contributed by atoms with Gasteiger partial charge >= 0.3 is 5.97 Å². The average molecular weight is 364 g/mol. The number of fused-ring (bicyclic) bond motifs is 1. The first-order chi connectivity index (χ1) is 13.0. The highest BCUT2D eigenvalue weighted by molar-refractivity contribution is 6.04. The monoisotopic (exact) mass is 364 g/mol.